The number of carbonyl (C=O) groups is 1. The van der Waals surface area contributed by atoms with E-state index >= 15 is 0 Å². The molecule has 0 saturated carbocycles. The molecule has 1 aromatic rings. The number of thiol groups is 1. The number of rotatable bonds is 9. The van der Waals surface area contributed by atoms with Gasteiger partial charge in [0.05, 0.1) is 18.0 Å². The zero-order valence-electron chi connectivity index (χ0n) is 18.5. The molecule has 0 spiro atoms. The first kappa shape index (κ1) is 24.5. The van der Waals surface area contributed by atoms with Gasteiger partial charge in [-0.05, 0) is 49.6 Å². The van der Waals surface area contributed by atoms with Gasteiger partial charge in [-0.25, -0.2) is 4.39 Å². The van der Waals surface area contributed by atoms with Crippen molar-refractivity contribution in [2.45, 2.75) is 25.0 Å². The highest BCUT2D eigenvalue weighted by atomic mass is 32.1. The number of likely N-dealkylation sites (N-methyl/N-ethyl adjacent to an activating group) is 1. The van der Waals surface area contributed by atoms with E-state index in [0.29, 0.717) is 22.7 Å². The molecule has 1 fully saturated rings. The van der Waals surface area contributed by atoms with Crippen LogP contribution in [0.1, 0.15) is 19.8 Å². The fourth-order valence-electron chi connectivity index (χ4n) is 3.42. The van der Waals surface area contributed by atoms with Crippen molar-refractivity contribution in [1.82, 2.24) is 0 Å². The van der Waals surface area contributed by atoms with Crippen LogP contribution in [0, 0.1) is 5.82 Å². The zero-order valence-corrected chi connectivity index (χ0v) is 19.4. The van der Waals surface area contributed by atoms with Gasteiger partial charge in [0.25, 0.3) is 5.91 Å². The fourth-order valence-corrected chi connectivity index (χ4v) is 3.85. The van der Waals surface area contributed by atoms with E-state index < -0.39 is 5.25 Å². The lowest BCUT2D eigenvalue weighted by molar-refractivity contribution is -0.114. The SMILES string of the molecule is C=C/C=C(/C(=O)N(C)c1ccc(N2CCCC2)c(F)c1)C(S)C(/C=C\C(=C)OC)=C/C. The second-order valence-electron chi connectivity index (χ2n) is 7.25. The summed E-state index contributed by atoms with van der Waals surface area (Å²) in [5.74, 6) is -0.122. The van der Waals surface area contributed by atoms with Gasteiger partial charge in [-0.15, -0.1) is 0 Å². The standard InChI is InChI=1S/C25H31FN2O2S/c1-6-10-21(24(31)19(7-2)12-11-18(3)30-5)25(29)27(4)20-13-14-23(22(26)17-20)28-15-8-9-16-28/h6-7,10-14,17,24,31H,1,3,8-9,15-16H2,2,4-5H3/b12-11-,19-7+,21-10+. The summed E-state index contributed by atoms with van der Waals surface area (Å²) in [5.41, 5.74) is 2.28. The van der Waals surface area contributed by atoms with E-state index in [2.05, 4.69) is 25.8 Å². The van der Waals surface area contributed by atoms with Gasteiger partial charge in [0.1, 0.15) is 11.6 Å². The Labute approximate surface area is 190 Å². The Bertz CT molecular complexity index is 914. The van der Waals surface area contributed by atoms with Crippen LogP contribution in [0.4, 0.5) is 15.8 Å². The van der Waals surface area contributed by atoms with Crippen LogP contribution in [0.25, 0.3) is 0 Å². The van der Waals surface area contributed by atoms with Crippen LogP contribution < -0.4 is 9.80 Å². The molecule has 6 heteroatoms. The molecule has 1 atom stereocenters. The highest BCUT2D eigenvalue weighted by Gasteiger charge is 2.24. The quantitative estimate of drug-likeness (QED) is 0.239. The van der Waals surface area contributed by atoms with Gasteiger partial charge >= 0.3 is 0 Å². The lowest BCUT2D eigenvalue weighted by Gasteiger charge is -2.24. The minimum atomic E-state index is -0.507. The van der Waals surface area contributed by atoms with Crippen molar-refractivity contribution in [3.8, 4) is 0 Å². The van der Waals surface area contributed by atoms with Gasteiger partial charge < -0.3 is 14.5 Å². The first-order valence-electron chi connectivity index (χ1n) is 10.2. The van der Waals surface area contributed by atoms with E-state index in [1.807, 2.05) is 17.9 Å². The number of allylic oxidation sites excluding steroid dienone is 5. The molecule has 0 N–H and O–H groups in total. The minimum Gasteiger partial charge on any atom is -0.497 e. The van der Waals surface area contributed by atoms with Gasteiger partial charge in [-0.3, -0.25) is 4.79 Å². The van der Waals surface area contributed by atoms with Crippen molar-refractivity contribution in [3.63, 3.8) is 0 Å². The van der Waals surface area contributed by atoms with Gasteiger partial charge in [-0.2, -0.15) is 12.6 Å². The Morgan fingerprint density at radius 1 is 1.32 bits per heavy atom. The number of carbonyl (C=O) groups excluding carboxylic acids is 1. The molecule has 0 aromatic heterocycles. The number of hydrogen-bond acceptors (Lipinski definition) is 4. The molecule has 1 saturated heterocycles. The number of hydrogen-bond donors (Lipinski definition) is 1. The van der Waals surface area contributed by atoms with Crippen LogP contribution in [0.2, 0.25) is 0 Å². The molecule has 1 amide bonds. The van der Waals surface area contributed by atoms with Crippen molar-refractivity contribution in [1.29, 1.82) is 0 Å². The van der Waals surface area contributed by atoms with Crippen LogP contribution in [-0.4, -0.2) is 38.4 Å². The maximum atomic E-state index is 14.8. The zero-order chi connectivity index (χ0) is 23.0. The normalized spacial score (nSPS) is 15.8. The molecule has 0 bridgehead atoms. The first-order valence-corrected chi connectivity index (χ1v) is 10.8. The molecular formula is C25H31FN2O2S. The lowest BCUT2D eigenvalue weighted by atomic mass is 10.0. The number of benzene rings is 1. The Hall–Kier alpha value is -2.73. The monoisotopic (exact) mass is 442 g/mol. The fraction of sp³-hybridized carbons (Fsp3) is 0.320. The highest BCUT2D eigenvalue weighted by Crippen LogP contribution is 2.29. The largest absolute Gasteiger partial charge is 0.497 e. The summed E-state index contributed by atoms with van der Waals surface area (Å²) in [6.45, 7) is 11.1. The molecule has 4 nitrogen and oxygen atoms in total. The molecule has 1 unspecified atom stereocenters. The van der Waals surface area contributed by atoms with E-state index in [1.165, 1.54) is 18.1 Å². The number of methoxy groups -OCH3 is 1. The Morgan fingerprint density at radius 2 is 2.00 bits per heavy atom. The average Bonchev–Trinajstić information content (AvgIpc) is 3.31. The van der Waals surface area contributed by atoms with Crippen molar-refractivity contribution in [3.05, 3.63) is 84.5 Å². The summed E-state index contributed by atoms with van der Waals surface area (Å²) in [4.78, 5) is 16.7. The van der Waals surface area contributed by atoms with E-state index in [4.69, 9.17) is 4.74 Å². The Morgan fingerprint density at radius 3 is 2.55 bits per heavy atom. The number of anilines is 2. The minimum absolute atomic E-state index is 0.286. The molecule has 1 aliphatic rings. The van der Waals surface area contributed by atoms with Gasteiger partial charge in [0.15, 0.2) is 0 Å². The van der Waals surface area contributed by atoms with Crippen LogP contribution in [0.15, 0.2) is 78.6 Å². The average molecular weight is 443 g/mol. The maximum Gasteiger partial charge on any atom is 0.255 e. The third-order valence-electron chi connectivity index (χ3n) is 5.28. The van der Waals surface area contributed by atoms with Crippen molar-refractivity contribution in [2.24, 2.45) is 0 Å². The van der Waals surface area contributed by atoms with Crippen LogP contribution in [0.5, 0.6) is 0 Å². The summed E-state index contributed by atoms with van der Waals surface area (Å²) < 4.78 is 19.8. The predicted molar refractivity (Wildman–Crippen MR) is 131 cm³/mol. The third-order valence-corrected chi connectivity index (χ3v) is 5.86. The summed E-state index contributed by atoms with van der Waals surface area (Å²) in [6, 6.07) is 4.92. The van der Waals surface area contributed by atoms with Gasteiger partial charge in [0, 0.05) is 31.4 Å². The van der Waals surface area contributed by atoms with Gasteiger partial charge in [0.2, 0.25) is 0 Å². The van der Waals surface area contributed by atoms with E-state index in [1.54, 1.807) is 43.5 Å². The van der Waals surface area contributed by atoms with Crippen molar-refractivity contribution in [2.75, 3.05) is 37.0 Å². The van der Waals surface area contributed by atoms with Crippen molar-refractivity contribution >= 4 is 29.9 Å². The van der Waals surface area contributed by atoms with E-state index in [0.717, 1.165) is 31.5 Å². The molecule has 166 valence electrons. The maximum absolute atomic E-state index is 14.8. The first-order chi connectivity index (χ1) is 14.8. The lowest BCUT2D eigenvalue weighted by Crippen LogP contribution is -2.31. The Kier molecular flexibility index (Phi) is 9.19. The van der Waals surface area contributed by atoms with E-state index in [-0.39, 0.29) is 11.7 Å². The molecule has 31 heavy (non-hydrogen) atoms. The number of halogens is 1. The summed E-state index contributed by atoms with van der Waals surface area (Å²) in [5, 5.41) is -0.507. The molecule has 1 heterocycles. The molecule has 0 radical (unpaired) electrons. The number of nitrogens with zero attached hydrogens (tertiary/aromatic N) is 2. The molecule has 1 aliphatic heterocycles. The molecule has 1 aromatic carbocycles. The van der Waals surface area contributed by atoms with E-state index in [9.17, 15) is 9.18 Å². The number of ether oxygens (including phenoxy) is 1. The topological polar surface area (TPSA) is 32.8 Å². The van der Waals surface area contributed by atoms with Gasteiger partial charge in [-0.1, -0.05) is 37.5 Å². The van der Waals surface area contributed by atoms with Crippen LogP contribution in [-0.2, 0) is 9.53 Å². The summed E-state index contributed by atoms with van der Waals surface area (Å²) >= 11 is 4.67. The highest BCUT2D eigenvalue weighted by molar-refractivity contribution is 7.81. The number of amides is 1. The third kappa shape index (κ3) is 6.14. The van der Waals surface area contributed by atoms with Crippen molar-refractivity contribution < 1.29 is 13.9 Å². The Balaban J connectivity index is 2.27. The molecule has 2 rings (SSSR count). The predicted octanol–water partition coefficient (Wildman–Crippen LogP) is 5.46. The second-order valence-corrected chi connectivity index (χ2v) is 7.76. The second kappa shape index (κ2) is 11.6. The summed E-state index contributed by atoms with van der Waals surface area (Å²) in [6.07, 6.45) is 10.7. The smallest absolute Gasteiger partial charge is 0.255 e. The summed E-state index contributed by atoms with van der Waals surface area (Å²) in [7, 11) is 3.16. The van der Waals surface area contributed by atoms with Crippen LogP contribution >= 0.6 is 12.6 Å². The molecular weight excluding hydrogens is 411 g/mol. The van der Waals surface area contributed by atoms with Crippen LogP contribution in [0.3, 0.4) is 0 Å². The molecule has 0 aliphatic carbocycles.